The highest BCUT2D eigenvalue weighted by molar-refractivity contribution is 6.08. The summed E-state index contributed by atoms with van der Waals surface area (Å²) in [6.07, 6.45) is 8.79. The molecule has 0 radical (unpaired) electrons. The number of hydrogen-bond acceptors (Lipinski definition) is 6. The molecule has 0 saturated heterocycles. The first-order valence-electron chi connectivity index (χ1n) is 19.6. The molecule has 1 aliphatic heterocycles. The second kappa shape index (κ2) is 18.5. The topological polar surface area (TPSA) is 86.2 Å². The van der Waals surface area contributed by atoms with E-state index in [0.29, 0.717) is 12.2 Å². The molecule has 2 N–H and O–H groups in total. The zero-order chi connectivity index (χ0) is 37.2. The number of fused-ring (bicyclic) bond motifs is 2. The molecular formula is C45H59N2O5+. The first-order chi connectivity index (χ1) is 25.2. The number of anilines is 1. The normalized spacial score (nSPS) is 16.0. The van der Waals surface area contributed by atoms with Gasteiger partial charge in [-0.05, 0) is 113 Å². The number of unbranched alkanes of at least 4 members (excludes halogenated alkanes) is 6. The summed E-state index contributed by atoms with van der Waals surface area (Å²) in [5.41, 5.74) is 7.92. The van der Waals surface area contributed by atoms with Crippen molar-refractivity contribution in [2.24, 2.45) is 0 Å². The Kier molecular flexibility index (Phi) is 13.9. The molecule has 5 rings (SSSR count). The van der Waals surface area contributed by atoms with Crippen molar-refractivity contribution in [2.45, 2.75) is 105 Å². The van der Waals surface area contributed by atoms with Crippen LogP contribution < -0.4 is 14.8 Å². The third kappa shape index (κ3) is 8.87. The van der Waals surface area contributed by atoms with Crippen molar-refractivity contribution >= 4 is 22.6 Å². The maximum absolute atomic E-state index is 13.7. The molecule has 2 atom stereocenters. The molecule has 52 heavy (non-hydrogen) atoms. The van der Waals surface area contributed by atoms with Gasteiger partial charge in [0.1, 0.15) is 24.4 Å². The van der Waals surface area contributed by atoms with E-state index in [0.717, 1.165) is 139 Å². The Hall–Kier alpha value is -4.20. The first kappa shape index (κ1) is 39.0. The molecule has 0 aromatic heterocycles. The number of rotatable bonds is 17. The summed E-state index contributed by atoms with van der Waals surface area (Å²) in [5.74, 6) is 0.485. The van der Waals surface area contributed by atoms with E-state index in [-0.39, 0.29) is 5.97 Å². The lowest BCUT2D eigenvalue weighted by Crippen LogP contribution is -2.29. The molecule has 0 saturated carbocycles. The van der Waals surface area contributed by atoms with Crippen LogP contribution in [-0.2, 0) is 4.74 Å². The third-order valence-corrected chi connectivity index (χ3v) is 10.9. The number of nitrogens with zero attached hydrogens (tertiary/aromatic N) is 2. The largest absolute Gasteiger partial charge is 0.462 e. The lowest BCUT2D eigenvalue weighted by molar-refractivity contribution is 0.0498. The van der Waals surface area contributed by atoms with Crippen molar-refractivity contribution in [1.82, 2.24) is 4.58 Å². The second-order valence-electron chi connectivity index (χ2n) is 14.0. The molecular weight excluding hydrogens is 649 g/mol. The van der Waals surface area contributed by atoms with Gasteiger partial charge in [-0.25, -0.2) is 9.37 Å². The van der Waals surface area contributed by atoms with Crippen LogP contribution in [-0.4, -0.2) is 61.2 Å². The average Bonchev–Trinajstić information content (AvgIpc) is 3.16. The van der Waals surface area contributed by atoms with Crippen molar-refractivity contribution in [1.29, 1.82) is 0 Å². The minimum Gasteiger partial charge on any atom is -0.462 e. The smallest absolute Gasteiger partial charge is 0.338 e. The summed E-state index contributed by atoms with van der Waals surface area (Å²) >= 11 is 0. The number of carbonyl (C=O) groups is 1. The molecule has 7 heteroatoms. The Morgan fingerprint density at radius 2 is 1.50 bits per heavy atom. The first-order valence-corrected chi connectivity index (χ1v) is 19.6. The number of hydrogen-bond donors (Lipinski definition) is 2. The van der Waals surface area contributed by atoms with Crippen LogP contribution in [0.1, 0.15) is 103 Å². The van der Waals surface area contributed by atoms with Gasteiger partial charge in [0.15, 0.2) is 0 Å². The standard InChI is InChI=1S/C45H59N2O5/c1-7-46(8-2)34-23-25-38-41(29-34)52-42-30-35(47(9-3)10-4)24-26-39(42)43(38)36-21-17-18-22-37(36)45(50)51-27-19-15-13-11-12-14-16-20-33-28-40(48)31(5)32(6)44(33)49/h17-18,21-26,28-30,40,44,48-49H,7-16,19-20,27H2,1-6H3/q+1. The Morgan fingerprint density at radius 3 is 2.21 bits per heavy atom. The van der Waals surface area contributed by atoms with Crippen LogP contribution in [0.2, 0.25) is 0 Å². The highest BCUT2D eigenvalue weighted by Gasteiger charge is 2.25. The Labute approximate surface area is 310 Å². The van der Waals surface area contributed by atoms with Gasteiger partial charge in [-0.15, -0.1) is 0 Å². The van der Waals surface area contributed by atoms with E-state index in [2.05, 4.69) is 73.6 Å². The van der Waals surface area contributed by atoms with Crippen LogP contribution in [0.3, 0.4) is 0 Å². The molecule has 2 aliphatic carbocycles. The van der Waals surface area contributed by atoms with Crippen LogP contribution in [0.4, 0.5) is 5.69 Å². The number of aliphatic hydroxyl groups is 2. The average molecular weight is 708 g/mol. The number of aliphatic hydroxyl groups excluding tert-OH is 2. The third-order valence-electron chi connectivity index (χ3n) is 10.9. The van der Waals surface area contributed by atoms with Gasteiger partial charge >= 0.3 is 5.97 Å². The van der Waals surface area contributed by atoms with E-state index in [1.54, 1.807) is 0 Å². The van der Waals surface area contributed by atoms with E-state index >= 15 is 0 Å². The zero-order valence-electron chi connectivity index (χ0n) is 32.2. The highest BCUT2D eigenvalue weighted by atomic mass is 16.5. The van der Waals surface area contributed by atoms with Crippen LogP contribution in [0.15, 0.2) is 87.9 Å². The van der Waals surface area contributed by atoms with E-state index in [9.17, 15) is 15.0 Å². The lowest BCUT2D eigenvalue weighted by atomic mass is 9.86. The van der Waals surface area contributed by atoms with Gasteiger partial charge in [-0.2, -0.15) is 0 Å². The van der Waals surface area contributed by atoms with Gasteiger partial charge in [0.2, 0.25) is 5.36 Å². The molecule has 2 aromatic carbocycles. The van der Waals surface area contributed by atoms with Crippen LogP contribution >= 0.6 is 0 Å². The maximum Gasteiger partial charge on any atom is 0.338 e. The van der Waals surface area contributed by atoms with Crippen molar-refractivity contribution in [3.05, 3.63) is 94.4 Å². The molecule has 2 unspecified atom stereocenters. The lowest BCUT2D eigenvalue weighted by Gasteiger charge is -2.26. The Balaban J connectivity index is 1.25. The quantitative estimate of drug-likeness (QED) is 0.0375. The number of esters is 1. The molecule has 1 heterocycles. The van der Waals surface area contributed by atoms with Crippen molar-refractivity contribution in [2.75, 3.05) is 37.7 Å². The molecule has 2 aromatic rings. The number of carbonyl (C=O) groups excluding carboxylic acids is 1. The SMILES string of the molecule is CCN(CC)c1ccc2c(-c3ccccc3C(=O)OCCCCCCCCCC3=CC(O)C(C)=C(C)C3O)c3ccc(=[N+](CC)CC)cc-3oc2c1. The minimum atomic E-state index is -0.577. The summed E-state index contributed by atoms with van der Waals surface area (Å²) in [4.78, 5) is 16.0. The van der Waals surface area contributed by atoms with E-state index in [1.165, 1.54) is 0 Å². The maximum atomic E-state index is 13.7. The summed E-state index contributed by atoms with van der Waals surface area (Å²) < 4.78 is 14.9. The van der Waals surface area contributed by atoms with Crippen LogP contribution in [0.25, 0.3) is 33.4 Å². The molecule has 0 bridgehead atoms. The Bertz CT molecular complexity index is 1930. The van der Waals surface area contributed by atoms with Crippen molar-refractivity contribution < 1.29 is 24.2 Å². The molecule has 0 spiro atoms. The Morgan fingerprint density at radius 1 is 0.808 bits per heavy atom. The van der Waals surface area contributed by atoms with Crippen molar-refractivity contribution in [3.8, 4) is 22.5 Å². The predicted molar refractivity (Wildman–Crippen MR) is 214 cm³/mol. The number of benzene rings is 3. The second-order valence-corrected chi connectivity index (χ2v) is 14.0. The molecule has 7 nitrogen and oxygen atoms in total. The summed E-state index contributed by atoms with van der Waals surface area (Å²) in [6.45, 7) is 16.4. The molecule has 0 fully saturated rings. The van der Waals surface area contributed by atoms with Gasteiger partial charge in [0.25, 0.3) is 0 Å². The summed E-state index contributed by atoms with van der Waals surface area (Å²) in [6, 6.07) is 20.6. The van der Waals surface area contributed by atoms with E-state index in [1.807, 2.05) is 44.2 Å². The van der Waals surface area contributed by atoms with Crippen LogP contribution in [0.5, 0.6) is 0 Å². The van der Waals surface area contributed by atoms with Crippen LogP contribution in [0, 0.1) is 0 Å². The zero-order valence-corrected chi connectivity index (χ0v) is 32.2. The van der Waals surface area contributed by atoms with Gasteiger partial charge in [-0.1, -0.05) is 50.3 Å². The van der Waals surface area contributed by atoms with Gasteiger partial charge in [-0.3, -0.25) is 0 Å². The van der Waals surface area contributed by atoms with E-state index in [4.69, 9.17) is 9.15 Å². The van der Waals surface area contributed by atoms with E-state index < -0.39 is 12.2 Å². The predicted octanol–water partition coefficient (Wildman–Crippen LogP) is 9.14. The number of ether oxygens (including phenoxy) is 1. The summed E-state index contributed by atoms with van der Waals surface area (Å²) in [7, 11) is 0. The molecule has 278 valence electrons. The highest BCUT2D eigenvalue weighted by Crippen LogP contribution is 2.42. The minimum absolute atomic E-state index is 0.304. The summed E-state index contributed by atoms with van der Waals surface area (Å²) in [5, 5.41) is 22.8. The fraction of sp³-hybridized carbons (Fsp3) is 0.467. The fourth-order valence-electron chi connectivity index (χ4n) is 7.53. The monoisotopic (exact) mass is 707 g/mol. The molecule has 3 aliphatic rings. The molecule has 0 amide bonds. The fourth-order valence-corrected chi connectivity index (χ4v) is 7.53. The van der Waals surface area contributed by atoms with Gasteiger partial charge in [0.05, 0.1) is 30.4 Å². The van der Waals surface area contributed by atoms with Crippen molar-refractivity contribution in [3.63, 3.8) is 0 Å². The van der Waals surface area contributed by atoms with Gasteiger partial charge < -0.3 is 24.3 Å². The van der Waals surface area contributed by atoms with Gasteiger partial charge in [0, 0.05) is 47.4 Å².